The Morgan fingerprint density at radius 3 is 1.33 bits per heavy atom. The number of likely N-dealkylation sites (N-methyl/N-ethyl adjacent to an activating group) is 2. The number of ether oxygens (including phenoxy) is 2. The molecule has 4 heterocycles. The Bertz CT molecular complexity index is 1880. The van der Waals surface area contributed by atoms with Gasteiger partial charge < -0.3 is 30.7 Å². The van der Waals surface area contributed by atoms with Crippen molar-refractivity contribution in [2.45, 2.75) is 51.6 Å². The molecule has 0 aromatic heterocycles. The van der Waals surface area contributed by atoms with Crippen LogP contribution in [-0.2, 0) is 19.2 Å². The van der Waals surface area contributed by atoms with Gasteiger partial charge in [-0.25, -0.2) is 0 Å². The highest BCUT2D eigenvalue weighted by atomic mass is 33.1. The molecule has 2 fully saturated rings. The van der Waals surface area contributed by atoms with Crippen LogP contribution in [0.4, 0.5) is 0 Å². The third-order valence-electron chi connectivity index (χ3n) is 10.3. The van der Waals surface area contributed by atoms with Crippen molar-refractivity contribution >= 4 is 101 Å². The van der Waals surface area contributed by atoms with E-state index >= 15 is 0 Å². The second kappa shape index (κ2) is 19.3. The maximum absolute atomic E-state index is 14.6. The number of carbonyl (C=O) groups excluding carboxylic acids is 8. The van der Waals surface area contributed by atoms with Crippen LogP contribution in [-0.4, -0.2) is 133 Å². The van der Waals surface area contributed by atoms with Gasteiger partial charge in [-0.2, -0.15) is 0 Å². The van der Waals surface area contributed by atoms with E-state index in [1.807, 2.05) is 0 Å². The first-order valence-electron chi connectivity index (χ1n) is 19.1. The summed E-state index contributed by atoms with van der Waals surface area (Å²) in [7, 11) is 9.32. The van der Waals surface area contributed by atoms with E-state index in [2.05, 4.69) is 21.3 Å². The highest BCUT2D eigenvalue weighted by Gasteiger charge is 2.48. The standard InChI is InChI=1S/C38H46N6O10S4/c1-5-53-25-13-21-28-27-22(36(50)43(37(51)29(25)27)23(33(47)39-3)9-7-11-41-31(45)19-15-55-56-16-19)14-26(54-6-2)30(28)38(52)44(35(21)49)24(34(48)40-4)10-8-12-42-32(46)20-17-57-58-18-20/h13-14,19-20,23-24H,5-12,15-18H2,1-4H3,(H,39,47)(H,40,48)(H,41,45)(H,42,46)/t23-,24-/m1/s1. The molecule has 0 spiro atoms. The van der Waals surface area contributed by atoms with Crippen LogP contribution in [0.1, 0.15) is 81.0 Å². The Kier molecular flexibility index (Phi) is 14.4. The van der Waals surface area contributed by atoms with Gasteiger partial charge in [0.2, 0.25) is 23.6 Å². The fraction of sp³-hybridized carbons (Fsp3) is 0.526. The van der Waals surface area contributed by atoms with E-state index in [4.69, 9.17) is 9.47 Å². The molecule has 16 nitrogen and oxygen atoms in total. The second-order valence-electron chi connectivity index (χ2n) is 13.8. The van der Waals surface area contributed by atoms with Gasteiger partial charge in [0.05, 0.1) is 47.3 Å². The highest BCUT2D eigenvalue weighted by molar-refractivity contribution is 8.77. The van der Waals surface area contributed by atoms with Crippen molar-refractivity contribution in [2.75, 3.05) is 63.4 Å². The minimum Gasteiger partial charge on any atom is -0.493 e. The quantitative estimate of drug-likeness (QED) is 0.0966. The van der Waals surface area contributed by atoms with Crippen molar-refractivity contribution in [1.29, 1.82) is 0 Å². The maximum atomic E-state index is 14.6. The predicted octanol–water partition coefficient (Wildman–Crippen LogP) is 2.87. The molecule has 2 saturated heterocycles. The lowest BCUT2D eigenvalue weighted by Gasteiger charge is -2.37. The largest absolute Gasteiger partial charge is 0.493 e. The molecule has 0 saturated carbocycles. The van der Waals surface area contributed by atoms with Crippen molar-refractivity contribution in [3.05, 3.63) is 34.4 Å². The molecule has 4 aliphatic rings. The molecule has 0 bridgehead atoms. The summed E-state index contributed by atoms with van der Waals surface area (Å²) in [6.07, 6.45) is 0.593. The Labute approximate surface area is 351 Å². The molecule has 2 aromatic carbocycles. The molecule has 0 unspecified atom stereocenters. The summed E-state index contributed by atoms with van der Waals surface area (Å²) in [5.41, 5.74) is -0.371. The normalized spacial score (nSPS) is 17.7. The van der Waals surface area contributed by atoms with Crippen LogP contribution in [0.3, 0.4) is 0 Å². The van der Waals surface area contributed by atoms with Crippen molar-refractivity contribution in [1.82, 2.24) is 31.1 Å². The first-order valence-corrected chi connectivity index (χ1v) is 24.1. The smallest absolute Gasteiger partial charge is 0.265 e. The lowest BCUT2D eigenvalue weighted by molar-refractivity contribution is -0.125. The molecule has 2 atom stereocenters. The summed E-state index contributed by atoms with van der Waals surface area (Å²) in [4.78, 5) is 112. The SMILES string of the molecule is CCOc1cc2c3c(c(OCC)cc4c3c1C(=O)N([C@H](CCCNC(=O)C1CSSC1)C(=O)NC)C4=O)C(=O)N([C@H](CCCNC(=O)C1CSSC1)C(=O)NC)C2=O. The maximum Gasteiger partial charge on any atom is 0.265 e. The minimum absolute atomic E-state index is 0.00432. The van der Waals surface area contributed by atoms with Crippen molar-refractivity contribution in [2.24, 2.45) is 11.8 Å². The Morgan fingerprint density at radius 2 is 1.00 bits per heavy atom. The summed E-state index contributed by atoms with van der Waals surface area (Å²) in [5.74, 6) is -2.32. The van der Waals surface area contributed by atoms with Gasteiger partial charge >= 0.3 is 0 Å². The van der Waals surface area contributed by atoms with Gasteiger partial charge in [-0.3, -0.25) is 48.2 Å². The lowest BCUT2D eigenvalue weighted by atomic mass is 9.83. The van der Waals surface area contributed by atoms with Gasteiger partial charge in [0.15, 0.2) is 0 Å². The van der Waals surface area contributed by atoms with E-state index in [-0.39, 0.29) is 120 Å². The summed E-state index contributed by atoms with van der Waals surface area (Å²) < 4.78 is 11.9. The van der Waals surface area contributed by atoms with E-state index in [9.17, 15) is 38.4 Å². The molecule has 0 aliphatic carbocycles. The number of benzene rings is 2. The summed E-state index contributed by atoms with van der Waals surface area (Å²) in [6, 6.07) is 0.0989. The Hall–Kier alpha value is -4.14. The topological polar surface area (TPSA) is 210 Å². The first-order chi connectivity index (χ1) is 28.0. The van der Waals surface area contributed by atoms with E-state index in [0.717, 1.165) is 9.80 Å². The number of imide groups is 2. The zero-order valence-corrected chi connectivity index (χ0v) is 35.8. The van der Waals surface area contributed by atoms with Gasteiger partial charge in [0.25, 0.3) is 23.6 Å². The number of amides is 8. The van der Waals surface area contributed by atoms with E-state index < -0.39 is 47.5 Å². The highest BCUT2D eigenvalue weighted by Crippen LogP contribution is 2.47. The van der Waals surface area contributed by atoms with Gasteiger partial charge in [0, 0.05) is 61.0 Å². The number of hydrogen-bond acceptors (Lipinski definition) is 14. The summed E-state index contributed by atoms with van der Waals surface area (Å²) >= 11 is 0. The molecule has 20 heteroatoms. The molecular formula is C38H46N6O10S4. The monoisotopic (exact) mass is 874 g/mol. The van der Waals surface area contributed by atoms with Crippen molar-refractivity contribution < 1.29 is 47.8 Å². The third-order valence-corrected chi connectivity index (χ3v) is 15.4. The van der Waals surface area contributed by atoms with Gasteiger partial charge in [0.1, 0.15) is 23.6 Å². The molecule has 0 radical (unpaired) electrons. The van der Waals surface area contributed by atoms with E-state index in [0.29, 0.717) is 23.0 Å². The van der Waals surface area contributed by atoms with Crippen LogP contribution >= 0.6 is 43.2 Å². The average Bonchev–Trinajstić information content (AvgIpc) is 3.97. The Morgan fingerprint density at radius 1 is 0.638 bits per heavy atom. The van der Waals surface area contributed by atoms with Gasteiger partial charge in [-0.15, -0.1) is 0 Å². The predicted molar refractivity (Wildman–Crippen MR) is 224 cm³/mol. The van der Waals surface area contributed by atoms with Gasteiger partial charge in [-0.1, -0.05) is 43.2 Å². The molecule has 4 N–H and O–H groups in total. The van der Waals surface area contributed by atoms with Crippen LogP contribution < -0.4 is 30.7 Å². The number of hydrogen-bond donors (Lipinski definition) is 4. The molecular weight excluding hydrogens is 829 g/mol. The third kappa shape index (κ3) is 8.47. The second-order valence-corrected chi connectivity index (χ2v) is 18.9. The first kappa shape index (κ1) is 43.4. The summed E-state index contributed by atoms with van der Waals surface area (Å²) in [5, 5.41) is 10.9. The van der Waals surface area contributed by atoms with Crippen molar-refractivity contribution in [3.63, 3.8) is 0 Å². The molecule has 4 aliphatic heterocycles. The van der Waals surface area contributed by atoms with Crippen LogP contribution in [0.5, 0.6) is 11.5 Å². The zero-order valence-electron chi connectivity index (χ0n) is 32.6. The molecule has 312 valence electrons. The number of nitrogens with zero attached hydrogens (tertiary/aromatic N) is 2. The fourth-order valence-corrected chi connectivity index (χ4v) is 13.0. The molecule has 6 rings (SSSR count). The van der Waals surface area contributed by atoms with Crippen LogP contribution in [0, 0.1) is 11.8 Å². The van der Waals surface area contributed by atoms with E-state index in [1.54, 1.807) is 57.0 Å². The fourth-order valence-electron chi connectivity index (χ4n) is 7.45. The minimum atomic E-state index is -1.28. The van der Waals surface area contributed by atoms with Crippen LogP contribution in [0.15, 0.2) is 12.1 Å². The number of rotatable bonds is 18. The average molecular weight is 875 g/mol. The van der Waals surface area contributed by atoms with E-state index in [1.165, 1.54) is 26.2 Å². The molecule has 8 amide bonds. The molecule has 58 heavy (non-hydrogen) atoms. The van der Waals surface area contributed by atoms with Crippen LogP contribution in [0.25, 0.3) is 10.8 Å². The molecule has 2 aromatic rings. The zero-order chi connectivity index (χ0) is 41.7. The Balaban J connectivity index is 1.36. The lowest BCUT2D eigenvalue weighted by Crippen LogP contribution is -2.55. The summed E-state index contributed by atoms with van der Waals surface area (Å²) in [6.45, 7) is 3.90. The number of nitrogens with one attached hydrogen (secondary N) is 4. The van der Waals surface area contributed by atoms with Gasteiger partial charge in [-0.05, 0) is 51.7 Å². The number of carbonyl (C=O) groups is 8. The van der Waals surface area contributed by atoms with Crippen molar-refractivity contribution in [3.8, 4) is 11.5 Å². The van der Waals surface area contributed by atoms with Crippen LogP contribution in [0.2, 0.25) is 0 Å².